The van der Waals surface area contributed by atoms with Gasteiger partial charge in [0.1, 0.15) is 12.0 Å². The smallest absolute Gasteiger partial charge is 0.119 e. The second-order valence-corrected chi connectivity index (χ2v) is 7.54. The normalized spacial score (nSPS) is 13.0. The fourth-order valence-electron chi connectivity index (χ4n) is 3.49. The third-order valence-corrected chi connectivity index (χ3v) is 4.36. The summed E-state index contributed by atoms with van der Waals surface area (Å²) in [6, 6.07) is 7.79. The van der Waals surface area contributed by atoms with Crippen molar-refractivity contribution in [2.75, 3.05) is 0 Å². The van der Waals surface area contributed by atoms with Gasteiger partial charge in [0.2, 0.25) is 0 Å². The second-order valence-electron chi connectivity index (χ2n) is 7.54. The van der Waals surface area contributed by atoms with Gasteiger partial charge in [0.15, 0.2) is 0 Å². The Morgan fingerprint density at radius 2 is 1.64 bits per heavy atom. The maximum Gasteiger partial charge on any atom is 0.119 e. The standard InChI is InChI=1S/C18H30O.C2H4O/c1-7-8-13-16(17(2,3)4)18(5,6)14-11-9-10-12-15(14)19;1-2-3/h9-12,16,19H,7-8,13H2,1-6H3;2H,1H3. The van der Waals surface area contributed by atoms with Crippen LogP contribution in [-0.4, -0.2) is 11.4 Å². The van der Waals surface area contributed by atoms with Crippen LogP contribution < -0.4 is 0 Å². The number of phenols is 1. The molecule has 0 bridgehead atoms. The molecule has 0 spiro atoms. The molecule has 0 fully saturated rings. The number of carbonyl (C=O) groups is 1. The van der Waals surface area contributed by atoms with Crippen molar-refractivity contribution in [1.82, 2.24) is 0 Å². The van der Waals surface area contributed by atoms with Crippen LogP contribution in [0.15, 0.2) is 24.3 Å². The molecule has 0 heterocycles. The molecular formula is C20H34O2. The third-order valence-electron chi connectivity index (χ3n) is 4.36. The van der Waals surface area contributed by atoms with Gasteiger partial charge in [-0.05, 0) is 41.7 Å². The van der Waals surface area contributed by atoms with Gasteiger partial charge in [-0.25, -0.2) is 0 Å². The lowest BCUT2D eigenvalue weighted by Crippen LogP contribution is -2.38. The molecule has 1 aromatic rings. The van der Waals surface area contributed by atoms with E-state index in [9.17, 15) is 5.11 Å². The molecule has 1 atom stereocenters. The number of hydrogen-bond donors (Lipinski definition) is 1. The molecule has 1 N–H and O–H groups in total. The molecule has 0 saturated heterocycles. The lowest BCUT2D eigenvalue weighted by Gasteiger charge is -2.43. The van der Waals surface area contributed by atoms with Crippen LogP contribution in [0.5, 0.6) is 5.75 Å². The summed E-state index contributed by atoms with van der Waals surface area (Å²) in [6.07, 6.45) is 4.43. The molecule has 0 aliphatic heterocycles. The SMILES string of the molecule is CC=O.CCCCC(C(C)(C)C)C(C)(C)c1ccccc1O. The van der Waals surface area contributed by atoms with Crippen molar-refractivity contribution in [3.63, 3.8) is 0 Å². The molecule has 1 aromatic carbocycles. The first-order valence-electron chi connectivity index (χ1n) is 8.31. The predicted octanol–water partition coefficient (Wildman–Crippen LogP) is 5.73. The molecule has 0 aromatic heterocycles. The fraction of sp³-hybridized carbons (Fsp3) is 0.650. The van der Waals surface area contributed by atoms with E-state index in [2.05, 4.69) is 47.6 Å². The third kappa shape index (κ3) is 5.82. The summed E-state index contributed by atoms with van der Waals surface area (Å²) in [5, 5.41) is 10.2. The predicted molar refractivity (Wildman–Crippen MR) is 95.3 cm³/mol. The summed E-state index contributed by atoms with van der Waals surface area (Å²) in [5.74, 6) is 0.978. The van der Waals surface area contributed by atoms with E-state index < -0.39 is 0 Å². The highest BCUT2D eigenvalue weighted by Crippen LogP contribution is 2.47. The van der Waals surface area contributed by atoms with Crippen molar-refractivity contribution in [1.29, 1.82) is 0 Å². The van der Waals surface area contributed by atoms with Crippen LogP contribution in [-0.2, 0) is 10.2 Å². The number of para-hydroxylation sites is 1. The molecule has 1 rings (SSSR count). The van der Waals surface area contributed by atoms with Gasteiger partial charge in [-0.3, -0.25) is 0 Å². The Morgan fingerprint density at radius 1 is 1.14 bits per heavy atom. The largest absolute Gasteiger partial charge is 0.508 e. The number of aldehydes is 1. The van der Waals surface area contributed by atoms with E-state index >= 15 is 0 Å². The molecule has 0 aliphatic rings. The fourth-order valence-corrected chi connectivity index (χ4v) is 3.49. The van der Waals surface area contributed by atoms with Crippen molar-refractivity contribution < 1.29 is 9.90 Å². The average molecular weight is 306 g/mol. The van der Waals surface area contributed by atoms with Gasteiger partial charge in [0.05, 0.1) is 0 Å². The van der Waals surface area contributed by atoms with Crippen molar-refractivity contribution in [3.8, 4) is 5.75 Å². The van der Waals surface area contributed by atoms with Crippen molar-refractivity contribution in [2.24, 2.45) is 11.3 Å². The summed E-state index contributed by atoms with van der Waals surface area (Å²) in [6.45, 7) is 15.2. The summed E-state index contributed by atoms with van der Waals surface area (Å²) >= 11 is 0. The van der Waals surface area contributed by atoms with E-state index in [-0.39, 0.29) is 10.8 Å². The summed E-state index contributed by atoms with van der Waals surface area (Å²) in [7, 11) is 0. The minimum Gasteiger partial charge on any atom is -0.508 e. The van der Waals surface area contributed by atoms with Gasteiger partial charge in [0.25, 0.3) is 0 Å². The zero-order chi connectivity index (χ0) is 17.4. The second kappa shape index (κ2) is 8.97. The van der Waals surface area contributed by atoms with Gasteiger partial charge >= 0.3 is 0 Å². The van der Waals surface area contributed by atoms with Gasteiger partial charge < -0.3 is 9.90 Å². The Morgan fingerprint density at radius 3 is 2.05 bits per heavy atom. The van der Waals surface area contributed by atoms with Crippen LogP contribution in [0.4, 0.5) is 0 Å². The minimum atomic E-state index is -0.0151. The Bertz CT molecular complexity index is 441. The lowest BCUT2D eigenvalue weighted by molar-refractivity contribution is -0.106. The summed E-state index contributed by atoms with van der Waals surface area (Å²) < 4.78 is 0. The molecular weight excluding hydrogens is 272 g/mol. The molecule has 2 nitrogen and oxygen atoms in total. The number of aromatic hydroxyl groups is 1. The van der Waals surface area contributed by atoms with Gasteiger partial charge in [-0.15, -0.1) is 0 Å². The van der Waals surface area contributed by atoms with E-state index in [1.165, 1.54) is 26.2 Å². The number of benzene rings is 1. The Balaban J connectivity index is 0.00000135. The number of hydrogen-bond acceptors (Lipinski definition) is 2. The first-order valence-corrected chi connectivity index (χ1v) is 8.31. The average Bonchev–Trinajstić information content (AvgIpc) is 2.38. The van der Waals surface area contributed by atoms with Gasteiger partial charge in [-0.2, -0.15) is 0 Å². The number of phenolic OH excluding ortho intramolecular Hbond substituents is 1. The quantitative estimate of drug-likeness (QED) is 0.706. The summed E-state index contributed by atoms with van der Waals surface area (Å²) in [4.78, 5) is 8.81. The number of unbranched alkanes of at least 4 members (excludes halogenated alkanes) is 1. The van der Waals surface area contributed by atoms with Crippen LogP contribution in [0.1, 0.15) is 73.3 Å². The van der Waals surface area contributed by atoms with Crippen LogP contribution >= 0.6 is 0 Å². The Labute approximate surface area is 137 Å². The highest BCUT2D eigenvalue weighted by atomic mass is 16.3. The molecule has 0 radical (unpaired) electrons. The zero-order valence-electron chi connectivity index (χ0n) is 15.4. The zero-order valence-corrected chi connectivity index (χ0v) is 15.4. The van der Waals surface area contributed by atoms with E-state index in [0.29, 0.717) is 11.7 Å². The maximum absolute atomic E-state index is 10.2. The molecule has 2 heteroatoms. The molecule has 1 unspecified atom stereocenters. The van der Waals surface area contributed by atoms with Gasteiger partial charge in [0, 0.05) is 0 Å². The maximum atomic E-state index is 10.2. The monoisotopic (exact) mass is 306 g/mol. The van der Waals surface area contributed by atoms with Crippen LogP contribution in [0.2, 0.25) is 0 Å². The molecule has 0 amide bonds. The van der Waals surface area contributed by atoms with Crippen molar-refractivity contribution >= 4 is 6.29 Å². The topological polar surface area (TPSA) is 37.3 Å². The first kappa shape index (κ1) is 20.7. The van der Waals surface area contributed by atoms with E-state index in [1.807, 2.05) is 12.1 Å². The lowest BCUT2D eigenvalue weighted by atomic mass is 9.61. The summed E-state index contributed by atoms with van der Waals surface area (Å²) in [5.41, 5.74) is 1.30. The van der Waals surface area contributed by atoms with E-state index in [4.69, 9.17) is 4.79 Å². The minimum absolute atomic E-state index is 0.0151. The van der Waals surface area contributed by atoms with Crippen molar-refractivity contribution in [2.45, 2.75) is 73.1 Å². The first-order chi connectivity index (χ1) is 10.1. The number of rotatable bonds is 5. The van der Waals surface area contributed by atoms with E-state index in [1.54, 1.807) is 6.07 Å². The number of carbonyl (C=O) groups excluding carboxylic acids is 1. The Kier molecular flexibility index (Phi) is 8.44. The Hall–Kier alpha value is -1.31. The van der Waals surface area contributed by atoms with Crippen molar-refractivity contribution in [3.05, 3.63) is 29.8 Å². The highest BCUT2D eigenvalue weighted by Gasteiger charge is 2.39. The van der Waals surface area contributed by atoms with Gasteiger partial charge in [-0.1, -0.05) is 72.6 Å². The molecule has 126 valence electrons. The molecule has 22 heavy (non-hydrogen) atoms. The highest BCUT2D eigenvalue weighted by molar-refractivity contribution is 5.44. The molecule has 0 saturated carbocycles. The van der Waals surface area contributed by atoms with E-state index in [0.717, 1.165) is 11.8 Å². The van der Waals surface area contributed by atoms with Crippen LogP contribution in [0, 0.1) is 11.3 Å². The van der Waals surface area contributed by atoms with Crippen LogP contribution in [0.3, 0.4) is 0 Å². The molecule has 0 aliphatic carbocycles. The van der Waals surface area contributed by atoms with Crippen LogP contribution in [0.25, 0.3) is 0 Å².